The van der Waals surface area contributed by atoms with Crippen molar-refractivity contribution in [3.05, 3.63) is 0 Å². The number of hydrogen-bond donors (Lipinski definition) is 0. The molecule has 0 spiro atoms. The minimum absolute atomic E-state index is 0.0244. The minimum atomic E-state index is -2.46. The fourth-order valence-corrected chi connectivity index (χ4v) is 4.27. The van der Waals surface area contributed by atoms with Crippen LogP contribution in [0.4, 0.5) is 0 Å². The molecular formula is C11H27NO3Si. The third-order valence-electron chi connectivity index (χ3n) is 2.36. The molecular weight excluding hydrogens is 222 g/mol. The Kier molecular flexibility index (Phi) is 8.22. The van der Waals surface area contributed by atoms with Gasteiger partial charge in [0.05, 0.1) is 0 Å². The first-order valence-corrected chi connectivity index (χ1v) is 8.06. The summed E-state index contributed by atoms with van der Waals surface area (Å²) < 4.78 is 17.6. The van der Waals surface area contributed by atoms with E-state index in [0.717, 1.165) is 12.5 Å². The summed E-state index contributed by atoms with van der Waals surface area (Å²) in [5, 5.41) is 0. The highest BCUT2D eigenvalue weighted by molar-refractivity contribution is 6.60. The van der Waals surface area contributed by atoms with Gasteiger partial charge in [-0.05, 0) is 34.9 Å². The molecule has 98 valence electrons. The van der Waals surface area contributed by atoms with E-state index in [2.05, 4.69) is 6.92 Å². The van der Waals surface area contributed by atoms with Crippen LogP contribution in [0.5, 0.6) is 0 Å². The Labute approximate surface area is 101 Å². The average molecular weight is 249 g/mol. The van der Waals surface area contributed by atoms with Crippen molar-refractivity contribution in [3.63, 3.8) is 0 Å². The van der Waals surface area contributed by atoms with E-state index in [1.165, 1.54) is 0 Å². The Morgan fingerprint density at radius 3 is 1.88 bits per heavy atom. The van der Waals surface area contributed by atoms with Gasteiger partial charge >= 0.3 is 8.80 Å². The normalized spacial score (nSPS) is 14.4. The number of hydrogen-bond acceptors (Lipinski definition) is 4. The predicted molar refractivity (Wildman–Crippen MR) is 68.3 cm³/mol. The van der Waals surface area contributed by atoms with Crippen molar-refractivity contribution in [2.45, 2.75) is 46.4 Å². The largest absolute Gasteiger partial charge is 0.502 e. The molecule has 4 nitrogen and oxygen atoms in total. The zero-order chi connectivity index (χ0) is 12.6. The summed E-state index contributed by atoms with van der Waals surface area (Å²) in [4.78, 5) is 2.02. The van der Waals surface area contributed by atoms with Gasteiger partial charge in [-0.2, -0.15) is 0 Å². The fourth-order valence-electron chi connectivity index (χ4n) is 1.42. The van der Waals surface area contributed by atoms with Crippen LogP contribution in [-0.4, -0.2) is 47.2 Å². The van der Waals surface area contributed by atoms with E-state index in [9.17, 15) is 0 Å². The summed E-state index contributed by atoms with van der Waals surface area (Å²) in [5.41, 5.74) is 0. The highest BCUT2D eigenvalue weighted by Crippen LogP contribution is 2.20. The molecule has 0 aliphatic heterocycles. The smallest absolute Gasteiger partial charge is 0.374 e. The molecule has 1 atom stereocenters. The van der Waals surface area contributed by atoms with Crippen LogP contribution < -0.4 is 0 Å². The van der Waals surface area contributed by atoms with Gasteiger partial charge in [0.1, 0.15) is 6.23 Å². The molecule has 0 aliphatic rings. The van der Waals surface area contributed by atoms with Gasteiger partial charge in [0.15, 0.2) is 0 Å². The molecule has 0 aromatic carbocycles. The highest BCUT2D eigenvalue weighted by Gasteiger charge is 2.41. The first kappa shape index (κ1) is 16.1. The van der Waals surface area contributed by atoms with Crippen LogP contribution in [0.1, 0.15) is 34.1 Å². The summed E-state index contributed by atoms with van der Waals surface area (Å²) >= 11 is 0. The third-order valence-corrected chi connectivity index (χ3v) is 5.63. The number of rotatable bonds is 9. The highest BCUT2D eigenvalue weighted by atomic mass is 28.4. The zero-order valence-electron chi connectivity index (χ0n) is 11.6. The minimum Gasteiger partial charge on any atom is -0.374 e. The van der Waals surface area contributed by atoms with Crippen LogP contribution in [0.3, 0.4) is 0 Å². The summed E-state index contributed by atoms with van der Waals surface area (Å²) in [5.74, 6) is 0. The van der Waals surface area contributed by atoms with Crippen molar-refractivity contribution in [2.24, 2.45) is 0 Å². The van der Waals surface area contributed by atoms with E-state index in [1.807, 2.05) is 39.8 Å². The lowest BCUT2D eigenvalue weighted by Crippen LogP contribution is -2.50. The van der Waals surface area contributed by atoms with E-state index in [1.54, 1.807) is 0 Å². The van der Waals surface area contributed by atoms with Crippen LogP contribution in [0.15, 0.2) is 0 Å². The van der Waals surface area contributed by atoms with Crippen molar-refractivity contribution >= 4 is 8.80 Å². The van der Waals surface area contributed by atoms with Gasteiger partial charge in [0.25, 0.3) is 0 Å². The van der Waals surface area contributed by atoms with E-state index < -0.39 is 8.80 Å². The fraction of sp³-hybridized carbons (Fsp3) is 1.00. The first-order chi connectivity index (χ1) is 7.51. The molecule has 0 rings (SSSR count). The molecule has 0 bridgehead atoms. The molecule has 0 aromatic heterocycles. The van der Waals surface area contributed by atoms with Gasteiger partial charge in [-0.15, -0.1) is 0 Å². The van der Waals surface area contributed by atoms with Crippen molar-refractivity contribution < 1.29 is 13.3 Å². The van der Waals surface area contributed by atoms with E-state index >= 15 is 0 Å². The molecule has 0 N–H and O–H groups in total. The van der Waals surface area contributed by atoms with Crippen molar-refractivity contribution in [1.29, 1.82) is 0 Å². The zero-order valence-corrected chi connectivity index (χ0v) is 12.6. The van der Waals surface area contributed by atoms with E-state index in [-0.39, 0.29) is 6.23 Å². The summed E-state index contributed by atoms with van der Waals surface area (Å²) in [6.45, 7) is 9.41. The molecule has 0 heterocycles. The summed E-state index contributed by atoms with van der Waals surface area (Å²) in [7, 11) is 1.52. The topological polar surface area (TPSA) is 30.9 Å². The van der Waals surface area contributed by atoms with Crippen molar-refractivity contribution in [1.82, 2.24) is 4.90 Å². The first-order valence-electron chi connectivity index (χ1n) is 6.13. The Hall–Kier alpha value is 0.0569. The quantitative estimate of drug-likeness (QED) is 0.463. The Morgan fingerprint density at radius 1 is 1.06 bits per heavy atom. The van der Waals surface area contributed by atoms with Gasteiger partial charge < -0.3 is 13.3 Å². The summed E-state index contributed by atoms with van der Waals surface area (Å²) in [6.07, 6.45) is 1.04. The Morgan fingerprint density at radius 2 is 1.56 bits per heavy atom. The standard InChI is InChI=1S/C11H27NO3Si/c1-7-10-16(13-8-2,14-9-3)15-11(4)12(5)6/h11H,7-10H2,1-6H3. The van der Waals surface area contributed by atoms with Gasteiger partial charge in [-0.3, -0.25) is 4.90 Å². The molecule has 0 aromatic rings. The van der Waals surface area contributed by atoms with Crippen LogP contribution >= 0.6 is 0 Å². The average Bonchev–Trinajstić information content (AvgIpc) is 2.18. The van der Waals surface area contributed by atoms with Crippen molar-refractivity contribution in [3.8, 4) is 0 Å². The molecule has 0 aliphatic carbocycles. The maximum Gasteiger partial charge on any atom is 0.502 e. The van der Waals surface area contributed by atoms with E-state index in [0.29, 0.717) is 13.2 Å². The summed E-state index contributed by atoms with van der Waals surface area (Å²) in [6, 6.07) is 0.882. The lowest BCUT2D eigenvalue weighted by molar-refractivity contribution is -0.0148. The molecule has 0 saturated carbocycles. The van der Waals surface area contributed by atoms with Crippen LogP contribution in [0, 0.1) is 0 Å². The van der Waals surface area contributed by atoms with Gasteiger partial charge in [-0.25, -0.2) is 0 Å². The lowest BCUT2D eigenvalue weighted by atomic mass is 10.6. The lowest BCUT2D eigenvalue weighted by Gasteiger charge is -2.33. The molecule has 5 heteroatoms. The predicted octanol–water partition coefficient (Wildman–Crippen LogP) is 2.33. The third kappa shape index (κ3) is 5.40. The molecule has 0 fully saturated rings. The maximum atomic E-state index is 6.04. The van der Waals surface area contributed by atoms with Crippen LogP contribution in [-0.2, 0) is 13.3 Å². The Bertz CT molecular complexity index is 162. The Balaban J connectivity index is 4.57. The second kappa shape index (κ2) is 8.19. The molecule has 0 saturated heterocycles. The van der Waals surface area contributed by atoms with Gasteiger partial charge in [0, 0.05) is 19.3 Å². The second-order valence-electron chi connectivity index (χ2n) is 3.98. The van der Waals surface area contributed by atoms with Gasteiger partial charge in [0.2, 0.25) is 0 Å². The molecule has 0 radical (unpaired) electrons. The SMILES string of the molecule is CCC[Si](OCC)(OCC)OC(C)N(C)C. The second-order valence-corrected chi connectivity index (χ2v) is 6.66. The van der Waals surface area contributed by atoms with Crippen LogP contribution in [0.25, 0.3) is 0 Å². The molecule has 1 unspecified atom stereocenters. The van der Waals surface area contributed by atoms with Gasteiger partial charge in [-0.1, -0.05) is 13.3 Å². The number of nitrogens with zero attached hydrogens (tertiary/aromatic N) is 1. The van der Waals surface area contributed by atoms with E-state index in [4.69, 9.17) is 13.3 Å². The molecule has 0 amide bonds. The maximum absolute atomic E-state index is 6.04. The van der Waals surface area contributed by atoms with Crippen molar-refractivity contribution in [2.75, 3.05) is 27.3 Å². The monoisotopic (exact) mass is 249 g/mol. The van der Waals surface area contributed by atoms with Crippen LogP contribution in [0.2, 0.25) is 6.04 Å². The molecule has 16 heavy (non-hydrogen) atoms.